The smallest absolute Gasteiger partial charge is 0.269 e. The fraction of sp³-hybridized carbons (Fsp3) is 0.500. The van der Waals surface area contributed by atoms with Crippen molar-refractivity contribution in [1.82, 2.24) is 25.4 Å². The molecule has 2 aromatic rings. The molecule has 2 rings (SSSR count). The minimum absolute atomic E-state index is 0.0252. The highest BCUT2D eigenvalue weighted by molar-refractivity contribution is 7.15. The van der Waals surface area contributed by atoms with E-state index in [0.717, 1.165) is 11.1 Å². The number of carbonyl (C=O) groups excluding carboxylic acids is 2. The number of hydrogen-bond donors (Lipinski definition) is 2. The minimum atomic E-state index is -0.201. The lowest BCUT2D eigenvalue weighted by Gasteiger charge is -2.21. The zero-order valence-electron chi connectivity index (χ0n) is 16.4. The van der Waals surface area contributed by atoms with E-state index in [2.05, 4.69) is 25.8 Å². The maximum atomic E-state index is 12.3. The number of rotatable bonds is 8. The Bertz CT molecular complexity index is 807. The summed E-state index contributed by atoms with van der Waals surface area (Å²) in [4.78, 5) is 30.4. The van der Waals surface area contributed by atoms with Crippen molar-refractivity contribution in [2.45, 2.75) is 27.2 Å². The molecule has 2 aromatic heterocycles. The Kier molecular flexibility index (Phi) is 7.23. The molecule has 0 spiro atoms. The summed E-state index contributed by atoms with van der Waals surface area (Å²) in [6.45, 7) is 6.90. The van der Waals surface area contributed by atoms with Gasteiger partial charge in [-0.25, -0.2) is 0 Å². The summed E-state index contributed by atoms with van der Waals surface area (Å²) in [5, 5.41) is 15.1. The van der Waals surface area contributed by atoms with Crippen LogP contribution in [-0.4, -0.2) is 59.1 Å². The van der Waals surface area contributed by atoms with Crippen LogP contribution in [0.2, 0.25) is 0 Å². The molecule has 2 N–H and O–H groups in total. The lowest BCUT2D eigenvalue weighted by molar-refractivity contribution is -0.129. The van der Waals surface area contributed by atoms with E-state index in [1.165, 1.54) is 11.3 Å². The molecule has 0 bridgehead atoms. The Morgan fingerprint density at radius 3 is 2.63 bits per heavy atom. The van der Waals surface area contributed by atoms with E-state index in [9.17, 15) is 9.59 Å². The van der Waals surface area contributed by atoms with Gasteiger partial charge in [0, 0.05) is 33.4 Å². The van der Waals surface area contributed by atoms with Crippen molar-refractivity contribution in [3.8, 4) is 0 Å². The van der Waals surface area contributed by atoms with Gasteiger partial charge in [-0.1, -0.05) is 18.3 Å². The number of nitrogens with one attached hydrogen (secondary N) is 2. The fourth-order valence-corrected chi connectivity index (χ4v) is 3.11. The van der Waals surface area contributed by atoms with Crippen LogP contribution < -0.4 is 10.6 Å². The number of hydrogen-bond acceptors (Lipinski definition) is 7. The van der Waals surface area contributed by atoms with E-state index < -0.39 is 0 Å². The molecule has 146 valence electrons. The Labute approximate surface area is 163 Å². The number of anilines is 1. The molecule has 2 heterocycles. The largest absolute Gasteiger partial charge is 0.363 e. The first-order valence-electron chi connectivity index (χ1n) is 8.75. The summed E-state index contributed by atoms with van der Waals surface area (Å²) < 4.78 is 0. The van der Waals surface area contributed by atoms with E-state index in [0.29, 0.717) is 28.9 Å². The maximum absolute atomic E-state index is 12.3. The third-order valence-electron chi connectivity index (χ3n) is 4.21. The molecule has 9 heteroatoms. The summed E-state index contributed by atoms with van der Waals surface area (Å²) in [5.74, 6) is -0.119. The van der Waals surface area contributed by atoms with Gasteiger partial charge >= 0.3 is 0 Å². The van der Waals surface area contributed by atoms with Gasteiger partial charge < -0.3 is 15.5 Å². The molecule has 8 nitrogen and oxygen atoms in total. The number of aryl methyl sites for hydroxylation is 2. The van der Waals surface area contributed by atoms with Gasteiger partial charge in [-0.15, -0.1) is 10.2 Å². The van der Waals surface area contributed by atoms with Crippen molar-refractivity contribution < 1.29 is 9.59 Å². The summed E-state index contributed by atoms with van der Waals surface area (Å²) in [5.41, 5.74) is 2.50. The van der Waals surface area contributed by atoms with Gasteiger partial charge in [0.25, 0.3) is 5.91 Å². The number of nitrogens with zero attached hydrogens (tertiary/aromatic N) is 4. The number of carbonyl (C=O) groups is 2. The van der Waals surface area contributed by atoms with Crippen LogP contribution in [0.15, 0.2) is 12.3 Å². The first kappa shape index (κ1) is 20.8. The van der Waals surface area contributed by atoms with Crippen LogP contribution in [0.4, 0.5) is 5.13 Å². The molecule has 0 aliphatic heterocycles. The Morgan fingerprint density at radius 2 is 2.00 bits per heavy atom. The predicted octanol–water partition coefficient (Wildman–Crippen LogP) is 1.66. The molecule has 0 fully saturated rings. The van der Waals surface area contributed by atoms with Crippen molar-refractivity contribution in [3.05, 3.63) is 34.1 Å². The normalized spacial score (nSPS) is 11.7. The summed E-state index contributed by atoms with van der Waals surface area (Å²) >= 11 is 1.37. The molecule has 0 aliphatic rings. The molecule has 0 aromatic carbocycles. The molecular weight excluding hydrogens is 364 g/mol. The van der Waals surface area contributed by atoms with Crippen LogP contribution in [0.5, 0.6) is 0 Å². The van der Waals surface area contributed by atoms with Crippen molar-refractivity contribution in [2.75, 3.05) is 32.5 Å². The Balaban J connectivity index is 1.79. The summed E-state index contributed by atoms with van der Waals surface area (Å²) in [6, 6.07) is 1.78. The van der Waals surface area contributed by atoms with Gasteiger partial charge in [0.1, 0.15) is 10.7 Å². The monoisotopic (exact) mass is 390 g/mol. The lowest BCUT2D eigenvalue weighted by atomic mass is 10.1. The van der Waals surface area contributed by atoms with Crippen molar-refractivity contribution >= 4 is 28.3 Å². The highest BCUT2D eigenvalue weighted by Gasteiger charge is 2.16. The molecule has 0 saturated heterocycles. The first-order chi connectivity index (χ1) is 12.8. The highest BCUT2D eigenvalue weighted by Crippen LogP contribution is 2.15. The van der Waals surface area contributed by atoms with Crippen molar-refractivity contribution in [2.24, 2.45) is 5.92 Å². The first-order valence-corrected chi connectivity index (χ1v) is 9.57. The molecule has 1 atom stereocenters. The quantitative estimate of drug-likeness (QED) is 0.711. The van der Waals surface area contributed by atoms with Crippen LogP contribution in [0.25, 0.3) is 0 Å². The second-order valence-electron chi connectivity index (χ2n) is 6.67. The second-order valence-corrected chi connectivity index (χ2v) is 7.73. The zero-order chi connectivity index (χ0) is 20.0. The van der Waals surface area contributed by atoms with Gasteiger partial charge in [-0.05, 0) is 37.0 Å². The Morgan fingerprint density at radius 1 is 1.26 bits per heavy atom. The van der Waals surface area contributed by atoms with E-state index in [1.54, 1.807) is 31.3 Å². The summed E-state index contributed by atoms with van der Waals surface area (Å²) in [6.07, 6.45) is 1.93. The standard InChI is InChI=1S/C18H26N6O2S/c1-11(8-21-17(26)14-6-12(2)13(3)9-20-14)10-24(5)16(25)7-15-22-23-18(19-4)27-15/h6,9,11H,7-8,10H2,1-5H3,(H,19,23)(H,21,26). The third kappa shape index (κ3) is 5.99. The SMILES string of the molecule is CNc1nnc(CC(=O)N(C)CC(C)CNC(=O)c2cc(C)c(C)cn2)s1. The number of likely N-dealkylation sites (N-methyl/N-ethyl adjacent to an activating group) is 1. The van der Waals surface area contributed by atoms with E-state index in [4.69, 9.17) is 0 Å². The van der Waals surface area contributed by atoms with Gasteiger partial charge in [0.05, 0.1) is 6.42 Å². The van der Waals surface area contributed by atoms with Crippen LogP contribution >= 0.6 is 11.3 Å². The van der Waals surface area contributed by atoms with Gasteiger partial charge in [-0.3, -0.25) is 14.6 Å². The second kappa shape index (κ2) is 9.40. The van der Waals surface area contributed by atoms with Crippen LogP contribution in [-0.2, 0) is 11.2 Å². The maximum Gasteiger partial charge on any atom is 0.269 e. The van der Waals surface area contributed by atoms with Crippen LogP contribution in [0.1, 0.15) is 33.5 Å². The van der Waals surface area contributed by atoms with Gasteiger partial charge in [-0.2, -0.15) is 0 Å². The van der Waals surface area contributed by atoms with Crippen molar-refractivity contribution in [3.63, 3.8) is 0 Å². The van der Waals surface area contributed by atoms with Crippen molar-refractivity contribution in [1.29, 1.82) is 0 Å². The molecule has 0 aliphatic carbocycles. The number of amides is 2. The molecule has 1 unspecified atom stereocenters. The lowest BCUT2D eigenvalue weighted by Crippen LogP contribution is -2.37. The summed E-state index contributed by atoms with van der Waals surface area (Å²) in [7, 11) is 3.52. The number of aromatic nitrogens is 3. The number of pyridine rings is 1. The van der Waals surface area contributed by atoms with Crippen LogP contribution in [0, 0.1) is 19.8 Å². The zero-order valence-corrected chi connectivity index (χ0v) is 17.2. The van der Waals surface area contributed by atoms with Gasteiger partial charge in [0.2, 0.25) is 11.0 Å². The minimum Gasteiger partial charge on any atom is -0.363 e. The average molecular weight is 391 g/mol. The van der Waals surface area contributed by atoms with E-state index in [-0.39, 0.29) is 24.2 Å². The third-order valence-corrected chi connectivity index (χ3v) is 5.15. The molecule has 2 amide bonds. The topological polar surface area (TPSA) is 100 Å². The van der Waals surface area contributed by atoms with Gasteiger partial charge in [0.15, 0.2) is 0 Å². The fourth-order valence-electron chi connectivity index (χ4n) is 2.43. The highest BCUT2D eigenvalue weighted by atomic mass is 32.1. The Hall–Kier alpha value is -2.55. The van der Waals surface area contributed by atoms with Crippen LogP contribution in [0.3, 0.4) is 0 Å². The van der Waals surface area contributed by atoms with E-state index >= 15 is 0 Å². The van der Waals surface area contributed by atoms with E-state index in [1.807, 2.05) is 20.8 Å². The molecule has 0 saturated carbocycles. The average Bonchev–Trinajstić information content (AvgIpc) is 3.09. The molecule has 27 heavy (non-hydrogen) atoms. The molecule has 0 radical (unpaired) electrons. The molecular formula is C18H26N6O2S. The predicted molar refractivity (Wildman–Crippen MR) is 106 cm³/mol.